The number of nitrogens with zero attached hydrogens (tertiary/aromatic N) is 2. The molecule has 0 saturated carbocycles. The van der Waals surface area contributed by atoms with Crippen molar-refractivity contribution < 1.29 is 4.79 Å². The summed E-state index contributed by atoms with van der Waals surface area (Å²) in [5.74, 6) is 5.94. The summed E-state index contributed by atoms with van der Waals surface area (Å²) in [6.45, 7) is 4.79. The van der Waals surface area contributed by atoms with Crippen LogP contribution in [0.5, 0.6) is 0 Å². The molecule has 2 heterocycles. The van der Waals surface area contributed by atoms with E-state index in [2.05, 4.69) is 15.3 Å². The summed E-state index contributed by atoms with van der Waals surface area (Å²) in [6, 6.07) is 6.97. The molecule has 0 bridgehead atoms. The highest BCUT2D eigenvalue weighted by molar-refractivity contribution is 5.94. The fourth-order valence-electron chi connectivity index (χ4n) is 1.92. The molecular weight excluding hydrogens is 292 g/mol. The predicted molar refractivity (Wildman–Crippen MR) is 90.8 cm³/mol. The average molecular weight is 314 g/mol. The molecule has 6 N–H and O–H groups in total. The van der Waals surface area contributed by atoms with E-state index in [-0.39, 0.29) is 11.7 Å². The van der Waals surface area contributed by atoms with Gasteiger partial charge in [-0.15, -0.1) is 0 Å². The van der Waals surface area contributed by atoms with E-state index in [1.54, 1.807) is 6.07 Å². The normalized spacial score (nSPS) is 12.4. The van der Waals surface area contributed by atoms with E-state index in [0.717, 1.165) is 11.3 Å². The molecule has 0 spiro atoms. The number of carbonyl (C=O) groups is 1. The van der Waals surface area contributed by atoms with Crippen LogP contribution in [0.25, 0.3) is 0 Å². The van der Waals surface area contributed by atoms with Crippen molar-refractivity contribution in [2.75, 3.05) is 18.1 Å². The summed E-state index contributed by atoms with van der Waals surface area (Å²) >= 11 is 0. The van der Waals surface area contributed by atoms with Crippen molar-refractivity contribution >= 4 is 11.7 Å². The highest BCUT2D eigenvalue weighted by Gasteiger charge is 2.08. The van der Waals surface area contributed by atoms with Crippen molar-refractivity contribution in [3.63, 3.8) is 0 Å². The lowest BCUT2D eigenvalue weighted by atomic mass is 10.2. The second-order valence-corrected chi connectivity index (χ2v) is 5.23. The molecule has 1 amide bonds. The molecule has 0 unspecified atom stereocenters. The number of pyridine rings is 1. The number of aromatic nitrogens is 2. The molecule has 0 aromatic carbocycles. The summed E-state index contributed by atoms with van der Waals surface area (Å²) < 4.78 is 1.26. The first-order valence-corrected chi connectivity index (χ1v) is 7.31. The molecule has 7 nitrogen and oxygen atoms in total. The van der Waals surface area contributed by atoms with Crippen molar-refractivity contribution in [2.24, 2.45) is 4.99 Å². The highest BCUT2D eigenvalue weighted by atomic mass is 16.1. The highest BCUT2D eigenvalue weighted by Crippen LogP contribution is 2.03. The van der Waals surface area contributed by atoms with Gasteiger partial charge in [-0.05, 0) is 38.1 Å². The van der Waals surface area contributed by atoms with Crippen LogP contribution in [0.2, 0.25) is 0 Å². The molecule has 7 heteroatoms. The van der Waals surface area contributed by atoms with Gasteiger partial charge in [0.1, 0.15) is 11.3 Å². The van der Waals surface area contributed by atoms with Crippen molar-refractivity contribution in [3.8, 4) is 0 Å². The molecule has 2 rings (SSSR count). The van der Waals surface area contributed by atoms with Crippen LogP contribution in [0.3, 0.4) is 0 Å². The van der Waals surface area contributed by atoms with Gasteiger partial charge in [-0.25, -0.2) is 4.68 Å². The van der Waals surface area contributed by atoms with Crippen LogP contribution in [0.1, 0.15) is 29.9 Å². The lowest BCUT2D eigenvalue weighted by Gasteiger charge is -2.09. The van der Waals surface area contributed by atoms with Crippen LogP contribution in [0.15, 0.2) is 47.1 Å². The Hall–Kier alpha value is -2.96. The van der Waals surface area contributed by atoms with Gasteiger partial charge in [0.05, 0.1) is 6.54 Å². The second-order valence-electron chi connectivity index (χ2n) is 5.23. The Labute approximate surface area is 134 Å². The van der Waals surface area contributed by atoms with Crippen LogP contribution >= 0.6 is 0 Å². The maximum absolute atomic E-state index is 12.2. The third kappa shape index (κ3) is 4.26. The Morgan fingerprint density at radius 2 is 2.26 bits per heavy atom. The van der Waals surface area contributed by atoms with Crippen molar-refractivity contribution in [1.82, 2.24) is 15.0 Å². The minimum atomic E-state index is -0.213. The molecule has 0 radical (unpaired) electrons. The quantitative estimate of drug-likeness (QED) is 0.486. The smallest absolute Gasteiger partial charge is 0.251 e. The molecule has 2 aromatic rings. The van der Waals surface area contributed by atoms with E-state index in [0.29, 0.717) is 24.1 Å². The second kappa shape index (κ2) is 7.35. The zero-order valence-corrected chi connectivity index (χ0v) is 13.3. The standard InChI is InChI=1S/C16H22N6O/c1-3-11(2)9-21-16(23)12-7-14(17)22(18)15(8-12)20-10-13-5-4-6-19-13/h3-8,19H,9-10,17-18H2,1-2H3,(H,21,23)/b11-3+,20-15?. The van der Waals surface area contributed by atoms with E-state index in [9.17, 15) is 4.79 Å². The summed E-state index contributed by atoms with van der Waals surface area (Å²) in [4.78, 5) is 19.7. The topological polar surface area (TPSA) is 114 Å². The minimum absolute atomic E-state index is 0.213. The monoisotopic (exact) mass is 314 g/mol. The van der Waals surface area contributed by atoms with Crippen LogP contribution in [-0.2, 0) is 6.54 Å². The molecule has 0 saturated heterocycles. The Kier molecular flexibility index (Phi) is 5.24. The summed E-state index contributed by atoms with van der Waals surface area (Å²) in [7, 11) is 0. The van der Waals surface area contributed by atoms with Gasteiger partial charge in [-0.3, -0.25) is 9.79 Å². The number of aromatic amines is 1. The Morgan fingerprint density at radius 3 is 2.91 bits per heavy atom. The van der Waals surface area contributed by atoms with E-state index in [1.165, 1.54) is 10.7 Å². The van der Waals surface area contributed by atoms with Gasteiger partial charge in [0.25, 0.3) is 5.91 Å². The molecule has 2 aromatic heterocycles. The number of nitrogen functional groups attached to an aromatic ring is 2. The Bertz CT molecular complexity index is 770. The summed E-state index contributed by atoms with van der Waals surface area (Å²) in [5.41, 5.74) is 8.76. The molecule has 0 aliphatic carbocycles. The maximum atomic E-state index is 12.2. The van der Waals surface area contributed by atoms with Gasteiger partial charge in [0.2, 0.25) is 0 Å². The Balaban J connectivity index is 2.25. The maximum Gasteiger partial charge on any atom is 0.251 e. The molecule has 0 atom stereocenters. The van der Waals surface area contributed by atoms with Crippen LogP contribution in [0, 0.1) is 0 Å². The van der Waals surface area contributed by atoms with E-state index in [4.69, 9.17) is 11.6 Å². The number of H-pyrrole nitrogens is 1. The number of hydrogen-bond acceptors (Lipinski definition) is 4. The van der Waals surface area contributed by atoms with E-state index >= 15 is 0 Å². The minimum Gasteiger partial charge on any atom is -0.384 e. The zero-order chi connectivity index (χ0) is 16.8. The third-order valence-electron chi connectivity index (χ3n) is 3.47. The van der Waals surface area contributed by atoms with Crippen LogP contribution in [0.4, 0.5) is 5.82 Å². The molecular formula is C16H22N6O. The molecule has 0 aliphatic rings. The number of anilines is 1. The van der Waals surface area contributed by atoms with E-state index < -0.39 is 0 Å². The van der Waals surface area contributed by atoms with Crippen molar-refractivity contribution in [1.29, 1.82) is 0 Å². The predicted octanol–water partition coefficient (Wildman–Crippen LogP) is 0.909. The fourth-order valence-corrected chi connectivity index (χ4v) is 1.92. The SMILES string of the molecule is C/C=C(\C)CNC(=O)c1cc(N)n(N)c(=NCc2ccc[nH]2)c1. The lowest BCUT2D eigenvalue weighted by molar-refractivity contribution is 0.0956. The largest absolute Gasteiger partial charge is 0.384 e. The van der Waals surface area contributed by atoms with Crippen molar-refractivity contribution in [3.05, 3.63) is 58.9 Å². The lowest BCUT2D eigenvalue weighted by Crippen LogP contribution is -2.33. The number of nitrogens with two attached hydrogens (primary N) is 2. The first kappa shape index (κ1) is 16.4. The number of allylic oxidation sites excluding steroid dienone is 1. The number of hydrogen-bond donors (Lipinski definition) is 4. The van der Waals surface area contributed by atoms with Gasteiger partial charge < -0.3 is 21.9 Å². The fraction of sp³-hybridized carbons (Fsp3) is 0.250. The summed E-state index contributed by atoms with van der Waals surface area (Å²) in [5, 5.41) is 2.83. The van der Waals surface area contributed by atoms with Gasteiger partial charge in [0, 0.05) is 24.0 Å². The molecule has 23 heavy (non-hydrogen) atoms. The zero-order valence-electron chi connectivity index (χ0n) is 13.3. The molecule has 0 aliphatic heterocycles. The number of amides is 1. The van der Waals surface area contributed by atoms with Gasteiger partial charge in [0.15, 0.2) is 0 Å². The van der Waals surface area contributed by atoms with Crippen molar-refractivity contribution in [2.45, 2.75) is 20.4 Å². The van der Waals surface area contributed by atoms with Gasteiger partial charge in [-0.2, -0.15) is 0 Å². The number of carbonyl (C=O) groups excluding carboxylic acids is 1. The third-order valence-corrected chi connectivity index (χ3v) is 3.47. The first-order chi connectivity index (χ1) is 11.0. The molecule has 0 fully saturated rings. The average Bonchev–Trinajstić information content (AvgIpc) is 3.06. The summed E-state index contributed by atoms with van der Waals surface area (Å²) in [6.07, 6.45) is 3.77. The number of rotatable bonds is 5. The Morgan fingerprint density at radius 1 is 1.48 bits per heavy atom. The first-order valence-electron chi connectivity index (χ1n) is 7.31. The van der Waals surface area contributed by atoms with E-state index in [1.807, 2.05) is 38.3 Å². The van der Waals surface area contributed by atoms with Gasteiger partial charge >= 0.3 is 0 Å². The molecule has 122 valence electrons. The van der Waals surface area contributed by atoms with Crippen LogP contribution in [-0.4, -0.2) is 22.1 Å². The van der Waals surface area contributed by atoms with Gasteiger partial charge in [-0.1, -0.05) is 11.6 Å². The van der Waals surface area contributed by atoms with Crippen LogP contribution < -0.4 is 22.4 Å². The number of nitrogens with one attached hydrogen (secondary N) is 2.